The van der Waals surface area contributed by atoms with Crippen LogP contribution >= 0.6 is 17.3 Å². The Kier molecular flexibility index (Phi) is 34.0. The van der Waals surface area contributed by atoms with Crippen molar-refractivity contribution in [1.82, 2.24) is 0 Å². The van der Waals surface area contributed by atoms with Crippen molar-refractivity contribution in [3.05, 3.63) is 0 Å². The van der Waals surface area contributed by atoms with Crippen molar-refractivity contribution in [2.45, 2.75) is 234 Å². The second-order valence-electron chi connectivity index (χ2n) is 15.8. The van der Waals surface area contributed by atoms with Crippen LogP contribution < -0.4 is 0 Å². The van der Waals surface area contributed by atoms with Gasteiger partial charge >= 0.3 is 8.03 Å². The van der Waals surface area contributed by atoms with Crippen LogP contribution in [0.5, 0.6) is 0 Å². The van der Waals surface area contributed by atoms with Crippen molar-refractivity contribution >= 4 is 17.3 Å². The molecular weight excluding hydrogens is 574 g/mol. The molecule has 0 aliphatic heterocycles. The smallest absolute Gasteiger partial charge is 0.161 e. The Bertz CT molecular complexity index is 589. The molecule has 0 saturated carbocycles. The van der Waals surface area contributed by atoms with E-state index in [0.29, 0.717) is 17.2 Å². The molecule has 0 aromatic heterocycles. The van der Waals surface area contributed by atoms with Gasteiger partial charge in [0.25, 0.3) is 0 Å². The van der Waals surface area contributed by atoms with Gasteiger partial charge in [0.2, 0.25) is 0 Å². The van der Waals surface area contributed by atoms with Crippen molar-refractivity contribution in [3.8, 4) is 0 Å². The number of rotatable bonds is 30. The number of hydrogen-bond donors (Lipinski definition) is 1. The Balaban J connectivity index is 0. The molecule has 0 bridgehead atoms. The molecule has 44 heavy (non-hydrogen) atoms. The third-order valence-electron chi connectivity index (χ3n) is 9.55. The highest BCUT2D eigenvalue weighted by Gasteiger charge is 2.32. The largest absolute Gasteiger partial charge is 0.505 e. The van der Waals surface area contributed by atoms with Gasteiger partial charge in [-0.1, -0.05) is 197 Å². The summed E-state index contributed by atoms with van der Waals surface area (Å²) in [4.78, 5) is 8.63. The maximum absolute atomic E-state index is 10.4. The lowest BCUT2D eigenvalue weighted by Crippen LogP contribution is -2.32. The van der Waals surface area contributed by atoms with Crippen LogP contribution in [0.1, 0.15) is 229 Å². The third kappa shape index (κ3) is 32.4. The molecule has 0 aliphatic rings. The zero-order chi connectivity index (χ0) is 33.5. The average Bonchev–Trinajstić information content (AvgIpc) is 2.94. The predicted molar refractivity (Wildman–Crippen MR) is 207 cm³/mol. The Morgan fingerprint density at radius 2 is 0.886 bits per heavy atom. The molecule has 0 radical (unpaired) electrons. The van der Waals surface area contributed by atoms with Gasteiger partial charge in [0.15, 0.2) is 6.16 Å². The maximum atomic E-state index is 10.4. The van der Waals surface area contributed by atoms with Gasteiger partial charge in [-0.25, -0.2) is 0 Å². The molecule has 0 aromatic carbocycles. The summed E-state index contributed by atoms with van der Waals surface area (Å²) in [6, 6.07) is 0. The van der Waals surface area contributed by atoms with E-state index in [0.717, 1.165) is 12.3 Å². The lowest BCUT2D eigenvalue weighted by atomic mass is 9.77. The van der Waals surface area contributed by atoms with E-state index in [2.05, 4.69) is 57.7 Å². The zero-order valence-corrected chi connectivity index (χ0v) is 33.9. The van der Waals surface area contributed by atoms with Gasteiger partial charge in [0.1, 0.15) is 0 Å². The Hall–Kier alpha value is 0.490. The minimum atomic E-state index is -1.94. The molecule has 4 atom stereocenters. The molecule has 0 fully saturated rings. The average molecular weight is 660 g/mol. The summed E-state index contributed by atoms with van der Waals surface area (Å²) in [7, 11) is 1.54. The van der Waals surface area contributed by atoms with Crippen molar-refractivity contribution in [2.24, 2.45) is 17.3 Å². The summed E-state index contributed by atoms with van der Waals surface area (Å²) in [5.41, 5.74) is 0.269. The Morgan fingerprint density at radius 3 is 1.23 bits per heavy atom. The van der Waals surface area contributed by atoms with Crippen molar-refractivity contribution in [1.29, 1.82) is 0 Å². The number of unbranched alkanes of at least 4 members (excludes halogenated alkanes) is 18. The first-order valence-corrected chi connectivity index (χ1v) is 21.9. The highest BCUT2D eigenvalue weighted by molar-refractivity contribution is 7.38. The van der Waals surface area contributed by atoms with Crippen LogP contribution in [-0.4, -0.2) is 16.2 Å². The Morgan fingerprint density at radius 1 is 0.568 bits per heavy atom. The van der Waals surface area contributed by atoms with E-state index >= 15 is 0 Å². The van der Waals surface area contributed by atoms with Crippen LogP contribution in [0.15, 0.2) is 0 Å². The topological polar surface area (TPSA) is 37.3 Å². The van der Waals surface area contributed by atoms with Gasteiger partial charge < -0.3 is 0 Å². The predicted octanol–water partition coefficient (Wildman–Crippen LogP) is 15.2. The molecule has 0 aromatic rings. The minimum absolute atomic E-state index is 0.269. The van der Waals surface area contributed by atoms with E-state index in [-0.39, 0.29) is 5.41 Å². The summed E-state index contributed by atoms with van der Waals surface area (Å²) in [6.07, 6.45) is 39.1. The molecule has 0 saturated heterocycles. The minimum Gasteiger partial charge on any atom is -0.161 e. The van der Waals surface area contributed by atoms with Crippen LogP contribution in [0.4, 0.5) is 0 Å². The first kappa shape index (κ1) is 46.6. The van der Waals surface area contributed by atoms with Crippen LogP contribution in [0.3, 0.4) is 0 Å². The van der Waals surface area contributed by atoms with E-state index in [1.807, 2.05) is 6.92 Å². The lowest BCUT2D eigenvalue weighted by Gasteiger charge is -2.39. The molecular formula is C40H85O2P2+. The highest BCUT2D eigenvalue weighted by Crippen LogP contribution is 2.44. The van der Waals surface area contributed by atoms with E-state index in [1.54, 1.807) is 0 Å². The normalized spacial score (nSPS) is 13.8. The van der Waals surface area contributed by atoms with E-state index in [4.69, 9.17) is 4.89 Å². The fourth-order valence-electron chi connectivity index (χ4n) is 7.09. The van der Waals surface area contributed by atoms with Crippen LogP contribution in [0, 0.1) is 17.3 Å². The number of hydrogen-bond acceptors (Lipinski definition) is 1. The van der Waals surface area contributed by atoms with E-state index in [9.17, 15) is 4.57 Å². The summed E-state index contributed by atoms with van der Waals surface area (Å²) in [6.45, 7) is 17.8. The van der Waals surface area contributed by atoms with E-state index < -0.39 is 8.03 Å². The van der Waals surface area contributed by atoms with Crippen LogP contribution in [0.25, 0.3) is 0 Å². The molecule has 1 N–H and O–H groups in total. The first-order valence-electron chi connectivity index (χ1n) is 19.9. The van der Waals surface area contributed by atoms with Gasteiger partial charge in [0.05, 0.1) is 0 Å². The third-order valence-corrected chi connectivity index (χ3v) is 11.5. The quantitative estimate of drug-likeness (QED) is 0.0615. The molecule has 0 rings (SSSR count). The highest BCUT2D eigenvalue weighted by atomic mass is 31.1. The molecule has 0 aliphatic carbocycles. The van der Waals surface area contributed by atoms with Crippen molar-refractivity contribution in [3.63, 3.8) is 0 Å². The SMILES string of the molecule is CC(C[P+](=O)O)CC(C)(C)C.CCCCCCCCCCCCC(CCCCCC)C(P)(CCCCCC)CCCCCC. The zero-order valence-electron chi connectivity index (χ0n) is 31.8. The van der Waals surface area contributed by atoms with Gasteiger partial charge in [-0.3, -0.25) is 0 Å². The molecule has 4 heteroatoms. The summed E-state index contributed by atoms with van der Waals surface area (Å²) in [5, 5.41) is 0.521. The first-order chi connectivity index (χ1) is 21.0. The summed E-state index contributed by atoms with van der Waals surface area (Å²) in [5.74, 6) is 1.29. The molecule has 0 heterocycles. The fraction of sp³-hybridized carbons (Fsp3) is 1.00. The molecule has 266 valence electrons. The summed E-state index contributed by atoms with van der Waals surface area (Å²) < 4.78 is 10.4. The maximum Gasteiger partial charge on any atom is 0.505 e. The lowest BCUT2D eigenvalue weighted by molar-refractivity contribution is 0.270. The van der Waals surface area contributed by atoms with Crippen molar-refractivity contribution < 1.29 is 9.46 Å². The Labute approximate surface area is 283 Å². The summed E-state index contributed by atoms with van der Waals surface area (Å²) >= 11 is 0. The van der Waals surface area contributed by atoms with Crippen LogP contribution in [-0.2, 0) is 4.57 Å². The fourth-order valence-corrected chi connectivity index (χ4v) is 8.49. The second-order valence-corrected chi connectivity index (χ2v) is 18.0. The van der Waals surface area contributed by atoms with Crippen LogP contribution in [0.2, 0.25) is 0 Å². The molecule has 0 amide bonds. The molecule has 2 nitrogen and oxygen atoms in total. The van der Waals surface area contributed by atoms with Gasteiger partial charge in [-0.15, -0.1) is 9.24 Å². The molecule has 0 spiro atoms. The molecule has 4 unspecified atom stereocenters. The van der Waals surface area contributed by atoms with E-state index in [1.165, 1.54) is 167 Å². The monoisotopic (exact) mass is 660 g/mol. The standard InChI is InChI=1S/C32H67P.C8H17O2P/c1-5-9-13-17-18-19-20-21-22-24-28-31(27-23-14-10-6-2)32(33,29-25-15-11-7-3)30-26-16-12-8-4;1-7(6-11(9)10)5-8(2,3)4/h31H,5-30,33H2,1-4H3;7H,5-6H2,1-4H3/p+1. The van der Waals surface area contributed by atoms with Gasteiger partial charge in [0, 0.05) is 5.92 Å². The second kappa shape index (κ2) is 32.1. The van der Waals surface area contributed by atoms with Gasteiger partial charge in [-0.2, -0.15) is 4.89 Å². The van der Waals surface area contributed by atoms with Gasteiger partial charge in [-0.05, 0) is 53.2 Å². The van der Waals surface area contributed by atoms with Crippen molar-refractivity contribution in [2.75, 3.05) is 6.16 Å².